The first-order chi connectivity index (χ1) is 8.92. The van der Waals surface area contributed by atoms with Gasteiger partial charge in [0.2, 0.25) is 0 Å². The number of furan rings is 1. The average Bonchev–Trinajstić information content (AvgIpc) is 2.78. The van der Waals surface area contributed by atoms with E-state index in [2.05, 4.69) is 0 Å². The van der Waals surface area contributed by atoms with Gasteiger partial charge in [-0.25, -0.2) is 0 Å². The van der Waals surface area contributed by atoms with Gasteiger partial charge in [0.05, 0.1) is 11.2 Å². The lowest BCUT2D eigenvalue weighted by Crippen LogP contribution is -2.42. The number of amides is 1. The highest BCUT2D eigenvalue weighted by Crippen LogP contribution is 2.22. The van der Waals surface area contributed by atoms with Crippen LogP contribution in [-0.2, 0) is 0 Å². The molecular formula is C15H19NO3. The monoisotopic (exact) mass is 261 g/mol. The minimum Gasteiger partial charge on any atom is -0.463 e. The zero-order valence-electron chi connectivity index (χ0n) is 11.5. The summed E-state index contributed by atoms with van der Waals surface area (Å²) < 4.78 is 5.38. The Morgan fingerprint density at radius 3 is 2.68 bits per heavy atom. The van der Waals surface area contributed by atoms with Crippen molar-refractivity contribution in [1.82, 2.24) is 4.90 Å². The van der Waals surface area contributed by atoms with E-state index in [-0.39, 0.29) is 5.91 Å². The second-order valence-corrected chi connectivity index (χ2v) is 5.28. The minimum atomic E-state index is -0.911. The van der Waals surface area contributed by atoms with Crippen LogP contribution in [0, 0.1) is 0 Å². The Morgan fingerprint density at radius 1 is 1.37 bits per heavy atom. The van der Waals surface area contributed by atoms with Gasteiger partial charge in [-0.1, -0.05) is 18.2 Å². The van der Waals surface area contributed by atoms with Gasteiger partial charge in [-0.3, -0.25) is 4.79 Å². The molecule has 1 amide bonds. The van der Waals surface area contributed by atoms with E-state index in [1.807, 2.05) is 31.2 Å². The fourth-order valence-electron chi connectivity index (χ4n) is 2.11. The molecule has 0 saturated heterocycles. The van der Waals surface area contributed by atoms with Gasteiger partial charge in [0.25, 0.3) is 5.91 Å². The number of hydrogen-bond acceptors (Lipinski definition) is 3. The zero-order chi connectivity index (χ0) is 14.0. The van der Waals surface area contributed by atoms with Crippen LogP contribution in [-0.4, -0.2) is 34.6 Å². The Labute approximate surface area is 112 Å². The highest BCUT2D eigenvalue weighted by atomic mass is 16.3. The van der Waals surface area contributed by atoms with E-state index >= 15 is 0 Å². The first-order valence-electron chi connectivity index (χ1n) is 6.40. The Morgan fingerprint density at radius 2 is 2.05 bits per heavy atom. The van der Waals surface area contributed by atoms with E-state index in [4.69, 9.17) is 4.42 Å². The van der Waals surface area contributed by atoms with Crippen molar-refractivity contribution in [3.63, 3.8) is 0 Å². The number of carbonyl (C=O) groups excluding carboxylic acids is 1. The summed E-state index contributed by atoms with van der Waals surface area (Å²) in [6.45, 7) is 6.11. The second-order valence-electron chi connectivity index (χ2n) is 5.28. The molecule has 1 N–H and O–H groups in total. The van der Waals surface area contributed by atoms with Crippen molar-refractivity contribution < 1.29 is 14.3 Å². The first kappa shape index (κ1) is 13.6. The molecule has 102 valence electrons. The fraction of sp³-hybridized carbons (Fsp3) is 0.400. The molecule has 0 radical (unpaired) electrons. The van der Waals surface area contributed by atoms with Crippen LogP contribution >= 0.6 is 0 Å². The number of nitrogens with zero attached hydrogens (tertiary/aromatic N) is 1. The summed E-state index contributed by atoms with van der Waals surface area (Å²) in [7, 11) is 0. The molecule has 19 heavy (non-hydrogen) atoms. The molecule has 0 fully saturated rings. The third kappa shape index (κ3) is 2.96. The number of likely N-dealkylation sites (N-methyl/N-ethyl adjacent to an activating group) is 1. The molecule has 0 saturated carbocycles. The molecule has 0 aliphatic rings. The second kappa shape index (κ2) is 5.05. The van der Waals surface area contributed by atoms with Crippen LogP contribution in [0.1, 0.15) is 31.1 Å². The number of rotatable bonds is 4. The number of hydrogen-bond donors (Lipinski definition) is 1. The summed E-state index contributed by atoms with van der Waals surface area (Å²) in [5.41, 5.74) is 0.331. The lowest BCUT2D eigenvalue weighted by Gasteiger charge is -2.27. The van der Waals surface area contributed by atoms with Gasteiger partial charge in [-0.15, -0.1) is 0 Å². The van der Waals surface area contributed by atoms with E-state index in [1.54, 1.807) is 18.7 Å². The molecule has 0 bridgehead atoms. The molecule has 2 rings (SSSR count). The zero-order valence-corrected chi connectivity index (χ0v) is 11.5. The maximum absolute atomic E-state index is 12.5. The van der Waals surface area contributed by atoms with Gasteiger partial charge in [0, 0.05) is 18.5 Å². The van der Waals surface area contributed by atoms with E-state index in [1.165, 1.54) is 6.26 Å². The predicted molar refractivity (Wildman–Crippen MR) is 74.1 cm³/mol. The van der Waals surface area contributed by atoms with Crippen molar-refractivity contribution >= 4 is 16.9 Å². The predicted octanol–water partition coefficient (Wildman–Crippen LogP) is 2.67. The molecule has 1 aromatic carbocycles. The van der Waals surface area contributed by atoms with Crippen molar-refractivity contribution in [2.45, 2.75) is 26.4 Å². The number of aliphatic hydroxyl groups is 1. The van der Waals surface area contributed by atoms with Crippen LogP contribution in [0.2, 0.25) is 0 Å². The van der Waals surface area contributed by atoms with Gasteiger partial charge in [-0.2, -0.15) is 0 Å². The maximum atomic E-state index is 12.5. The van der Waals surface area contributed by atoms with Crippen molar-refractivity contribution in [2.75, 3.05) is 13.1 Å². The van der Waals surface area contributed by atoms with Crippen molar-refractivity contribution in [2.24, 2.45) is 0 Å². The number of fused-ring (bicyclic) bond motifs is 1. The molecule has 0 atom stereocenters. The lowest BCUT2D eigenvalue weighted by molar-refractivity contribution is 0.0315. The molecular weight excluding hydrogens is 242 g/mol. The average molecular weight is 261 g/mol. The molecule has 0 unspecified atom stereocenters. The van der Waals surface area contributed by atoms with Gasteiger partial charge in [0.1, 0.15) is 11.8 Å². The largest absolute Gasteiger partial charge is 0.463 e. The summed E-state index contributed by atoms with van der Waals surface area (Å²) in [6.07, 6.45) is 1.49. The van der Waals surface area contributed by atoms with Crippen LogP contribution < -0.4 is 0 Å². The molecule has 0 aliphatic heterocycles. The van der Waals surface area contributed by atoms with Gasteiger partial charge in [0.15, 0.2) is 0 Å². The van der Waals surface area contributed by atoms with Crippen LogP contribution in [0.3, 0.4) is 0 Å². The smallest absolute Gasteiger partial charge is 0.257 e. The van der Waals surface area contributed by atoms with Crippen LogP contribution in [0.15, 0.2) is 34.9 Å². The first-order valence-corrected chi connectivity index (χ1v) is 6.40. The van der Waals surface area contributed by atoms with E-state index < -0.39 is 5.60 Å². The lowest BCUT2D eigenvalue weighted by atomic mass is 10.1. The molecule has 1 aromatic heterocycles. The highest BCUT2D eigenvalue weighted by molar-refractivity contribution is 6.05. The molecule has 2 aromatic rings. The van der Waals surface area contributed by atoms with E-state index in [0.29, 0.717) is 24.2 Å². The van der Waals surface area contributed by atoms with Crippen molar-refractivity contribution in [3.05, 3.63) is 36.1 Å². The highest BCUT2D eigenvalue weighted by Gasteiger charge is 2.24. The summed E-state index contributed by atoms with van der Waals surface area (Å²) in [5.74, 6) is -0.116. The summed E-state index contributed by atoms with van der Waals surface area (Å²) in [4.78, 5) is 14.1. The Balaban J connectivity index is 2.32. The maximum Gasteiger partial charge on any atom is 0.257 e. The third-order valence-electron chi connectivity index (χ3n) is 2.96. The number of benzene rings is 1. The quantitative estimate of drug-likeness (QED) is 0.920. The summed E-state index contributed by atoms with van der Waals surface area (Å²) in [5, 5.41) is 10.7. The molecule has 1 heterocycles. The Kier molecular flexibility index (Phi) is 3.62. The van der Waals surface area contributed by atoms with Crippen LogP contribution in [0.25, 0.3) is 11.0 Å². The van der Waals surface area contributed by atoms with Gasteiger partial charge in [-0.05, 0) is 26.8 Å². The Hall–Kier alpha value is -1.81. The van der Waals surface area contributed by atoms with Gasteiger partial charge >= 0.3 is 0 Å². The Bertz CT molecular complexity index is 580. The van der Waals surface area contributed by atoms with Crippen molar-refractivity contribution in [1.29, 1.82) is 0 Å². The topological polar surface area (TPSA) is 53.7 Å². The van der Waals surface area contributed by atoms with Gasteiger partial charge < -0.3 is 14.4 Å². The fourth-order valence-corrected chi connectivity index (χ4v) is 2.11. The molecule has 4 heteroatoms. The number of carbonyl (C=O) groups is 1. The SMILES string of the molecule is CCN(CC(C)(C)O)C(=O)c1coc2ccccc12. The van der Waals surface area contributed by atoms with Crippen LogP contribution in [0.5, 0.6) is 0 Å². The number of para-hydroxylation sites is 1. The normalized spacial score (nSPS) is 11.8. The summed E-state index contributed by atoms with van der Waals surface area (Å²) >= 11 is 0. The van der Waals surface area contributed by atoms with E-state index in [9.17, 15) is 9.90 Å². The third-order valence-corrected chi connectivity index (χ3v) is 2.96. The molecule has 0 aliphatic carbocycles. The van der Waals surface area contributed by atoms with Crippen molar-refractivity contribution in [3.8, 4) is 0 Å². The molecule has 4 nitrogen and oxygen atoms in total. The minimum absolute atomic E-state index is 0.116. The van der Waals surface area contributed by atoms with E-state index in [0.717, 1.165) is 5.39 Å². The molecule has 0 spiro atoms. The standard InChI is InChI=1S/C15H19NO3/c1-4-16(10-15(2,3)18)14(17)12-9-19-13-8-6-5-7-11(12)13/h5-9,18H,4,10H2,1-3H3. The van der Waals surface area contributed by atoms with Crippen LogP contribution in [0.4, 0.5) is 0 Å². The summed E-state index contributed by atoms with van der Waals surface area (Å²) in [6, 6.07) is 7.44.